The highest BCUT2D eigenvalue weighted by atomic mass is 16.3. The van der Waals surface area contributed by atoms with E-state index in [1.165, 1.54) is 0 Å². The SMILES string of the molecule is O=C(c1cccnc1)N1CC[C@@H](O)[C@H]1Cc1cccnc1. The molecule has 1 amide bonds. The van der Waals surface area contributed by atoms with Gasteiger partial charge in [-0.05, 0) is 36.6 Å². The summed E-state index contributed by atoms with van der Waals surface area (Å²) in [5.74, 6) is -0.0754. The minimum Gasteiger partial charge on any atom is -0.391 e. The van der Waals surface area contributed by atoms with Crippen LogP contribution < -0.4 is 0 Å². The van der Waals surface area contributed by atoms with Crippen molar-refractivity contribution in [1.29, 1.82) is 0 Å². The molecule has 0 bridgehead atoms. The number of pyridine rings is 2. The van der Waals surface area contributed by atoms with Gasteiger partial charge in [-0.15, -0.1) is 0 Å². The molecular weight excluding hydrogens is 266 g/mol. The van der Waals surface area contributed by atoms with Crippen molar-refractivity contribution in [2.75, 3.05) is 6.54 Å². The molecule has 2 atom stereocenters. The van der Waals surface area contributed by atoms with E-state index >= 15 is 0 Å². The highest BCUT2D eigenvalue weighted by molar-refractivity contribution is 5.94. The van der Waals surface area contributed by atoms with Gasteiger partial charge in [-0.25, -0.2) is 0 Å². The van der Waals surface area contributed by atoms with Gasteiger partial charge in [0.1, 0.15) is 0 Å². The lowest BCUT2D eigenvalue weighted by atomic mass is 10.0. The van der Waals surface area contributed by atoms with Crippen molar-refractivity contribution in [3.05, 3.63) is 60.2 Å². The van der Waals surface area contributed by atoms with Gasteiger partial charge < -0.3 is 10.0 Å². The summed E-state index contributed by atoms with van der Waals surface area (Å²) < 4.78 is 0. The lowest BCUT2D eigenvalue weighted by Crippen LogP contribution is -2.41. The number of amides is 1. The zero-order valence-electron chi connectivity index (χ0n) is 11.6. The maximum absolute atomic E-state index is 12.6. The zero-order valence-corrected chi connectivity index (χ0v) is 11.6. The normalized spacial score (nSPS) is 21.5. The first-order valence-corrected chi connectivity index (χ1v) is 7.03. The Morgan fingerprint density at radius 3 is 2.67 bits per heavy atom. The van der Waals surface area contributed by atoms with E-state index in [-0.39, 0.29) is 11.9 Å². The number of aromatic nitrogens is 2. The van der Waals surface area contributed by atoms with Crippen LogP contribution in [-0.4, -0.2) is 44.6 Å². The van der Waals surface area contributed by atoms with Gasteiger partial charge in [-0.1, -0.05) is 6.07 Å². The van der Waals surface area contributed by atoms with E-state index in [9.17, 15) is 9.90 Å². The second-order valence-electron chi connectivity index (χ2n) is 5.23. The van der Waals surface area contributed by atoms with E-state index in [2.05, 4.69) is 9.97 Å². The minimum absolute atomic E-state index is 0.0754. The van der Waals surface area contributed by atoms with Crippen LogP contribution in [0.1, 0.15) is 22.3 Å². The molecule has 0 spiro atoms. The van der Waals surface area contributed by atoms with Gasteiger partial charge in [0.2, 0.25) is 0 Å². The molecule has 1 aliphatic heterocycles. The average Bonchev–Trinajstić information content (AvgIpc) is 2.90. The fourth-order valence-corrected chi connectivity index (χ4v) is 2.75. The number of rotatable bonds is 3. The van der Waals surface area contributed by atoms with Crippen LogP contribution in [0.5, 0.6) is 0 Å². The maximum atomic E-state index is 12.6. The van der Waals surface area contributed by atoms with Gasteiger partial charge in [0.25, 0.3) is 5.91 Å². The van der Waals surface area contributed by atoms with Crippen LogP contribution in [0.25, 0.3) is 0 Å². The predicted octanol–water partition coefficient (Wildman–Crippen LogP) is 1.29. The number of carbonyl (C=O) groups is 1. The summed E-state index contributed by atoms with van der Waals surface area (Å²) in [5, 5.41) is 10.2. The molecule has 3 heterocycles. The Hall–Kier alpha value is -2.27. The van der Waals surface area contributed by atoms with Crippen molar-refractivity contribution in [3.63, 3.8) is 0 Å². The van der Waals surface area contributed by atoms with Crippen LogP contribution in [0.4, 0.5) is 0 Å². The first kappa shape index (κ1) is 13.7. The molecule has 21 heavy (non-hydrogen) atoms. The minimum atomic E-state index is -0.495. The topological polar surface area (TPSA) is 66.3 Å². The van der Waals surface area contributed by atoms with E-state index < -0.39 is 6.10 Å². The van der Waals surface area contributed by atoms with Crippen molar-refractivity contribution < 1.29 is 9.90 Å². The summed E-state index contributed by atoms with van der Waals surface area (Å²) in [4.78, 5) is 22.4. The number of aliphatic hydroxyl groups is 1. The Balaban J connectivity index is 1.79. The highest BCUT2D eigenvalue weighted by Gasteiger charge is 2.36. The van der Waals surface area contributed by atoms with Crippen LogP contribution in [-0.2, 0) is 6.42 Å². The molecule has 0 saturated carbocycles. The number of hydrogen-bond acceptors (Lipinski definition) is 4. The van der Waals surface area contributed by atoms with Crippen molar-refractivity contribution in [2.45, 2.75) is 25.0 Å². The molecular formula is C16H17N3O2. The van der Waals surface area contributed by atoms with Gasteiger partial charge in [-0.2, -0.15) is 0 Å². The maximum Gasteiger partial charge on any atom is 0.255 e. The predicted molar refractivity (Wildman–Crippen MR) is 77.6 cm³/mol. The average molecular weight is 283 g/mol. The highest BCUT2D eigenvalue weighted by Crippen LogP contribution is 2.23. The standard InChI is InChI=1S/C16H17N3O2/c20-15-5-8-19(16(21)13-4-2-7-18-11-13)14(15)9-12-3-1-6-17-10-12/h1-4,6-7,10-11,14-15,20H,5,8-9H2/t14-,15-/m1/s1. The summed E-state index contributed by atoms with van der Waals surface area (Å²) in [6.45, 7) is 0.569. The fourth-order valence-electron chi connectivity index (χ4n) is 2.75. The summed E-state index contributed by atoms with van der Waals surface area (Å²) in [5.41, 5.74) is 1.58. The van der Waals surface area contributed by atoms with Crippen LogP contribution >= 0.6 is 0 Å². The molecule has 3 rings (SSSR count). The van der Waals surface area contributed by atoms with Crippen LogP contribution in [0, 0.1) is 0 Å². The zero-order chi connectivity index (χ0) is 14.7. The Morgan fingerprint density at radius 1 is 1.24 bits per heavy atom. The molecule has 2 aromatic rings. The molecule has 1 N–H and O–H groups in total. The third kappa shape index (κ3) is 2.92. The van der Waals surface area contributed by atoms with Crippen LogP contribution in [0.15, 0.2) is 49.1 Å². The third-order valence-corrected chi connectivity index (χ3v) is 3.85. The smallest absolute Gasteiger partial charge is 0.255 e. The molecule has 0 aliphatic carbocycles. The summed E-state index contributed by atoms with van der Waals surface area (Å²) in [7, 11) is 0. The number of carbonyl (C=O) groups excluding carboxylic acids is 1. The summed E-state index contributed by atoms with van der Waals surface area (Å²) in [6.07, 6.45) is 7.42. The number of aliphatic hydroxyl groups excluding tert-OH is 1. The molecule has 0 aromatic carbocycles. The molecule has 2 aromatic heterocycles. The molecule has 108 valence electrons. The summed E-state index contributed by atoms with van der Waals surface area (Å²) in [6, 6.07) is 7.12. The Kier molecular flexibility index (Phi) is 3.92. The van der Waals surface area contributed by atoms with Crippen molar-refractivity contribution in [2.24, 2.45) is 0 Å². The molecule has 1 fully saturated rings. The molecule has 0 unspecified atom stereocenters. The molecule has 0 radical (unpaired) electrons. The third-order valence-electron chi connectivity index (χ3n) is 3.85. The van der Waals surface area contributed by atoms with Gasteiger partial charge in [0.15, 0.2) is 0 Å². The van der Waals surface area contributed by atoms with Crippen LogP contribution in [0.3, 0.4) is 0 Å². The second kappa shape index (κ2) is 6.01. The molecule has 1 aliphatic rings. The second-order valence-corrected chi connectivity index (χ2v) is 5.23. The lowest BCUT2D eigenvalue weighted by molar-refractivity contribution is 0.0639. The van der Waals surface area contributed by atoms with Crippen molar-refractivity contribution >= 4 is 5.91 Å². The number of hydrogen-bond donors (Lipinski definition) is 1. The quantitative estimate of drug-likeness (QED) is 0.922. The van der Waals surface area contributed by atoms with Gasteiger partial charge in [0, 0.05) is 31.3 Å². The molecule has 5 nitrogen and oxygen atoms in total. The molecule has 5 heteroatoms. The Morgan fingerprint density at radius 2 is 2.00 bits per heavy atom. The van der Waals surface area contributed by atoms with E-state index in [1.54, 1.807) is 41.8 Å². The van der Waals surface area contributed by atoms with Gasteiger partial charge in [0.05, 0.1) is 17.7 Å². The van der Waals surface area contributed by atoms with Gasteiger partial charge in [-0.3, -0.25) is 14.8 Å². The van der Waals surface area contributed by atoms with Crippen molar-refractivity contribution in [3.8, 4) is 0 Å². The van der Waals surface area contributed by atoms with E-state index in [0.29, 0.717) is 24.9 Å². The number of nitrogens with zero attached hydrogens (tertiary/aromatic N) is 3. The van der Waals surface area contributed by atoms with E-state index in [1.807, 2.05) is 12.1 Å². The van der Waals surface area contributed by atoms with E-state index in [4.69, 9.17) is 0 Å². The number of likely N-dealkylation sites (tertiary alicyclic amines) is 1. The van der Waals surface area contributed by atoms with Crippen molar-refractivity contribution in [1.82, 2.24) is 14.9 Å². The van der Waals surface area contributed by atoms with E-state index in [0.717, 1.165) is 5.56 Å². The largest absolute Gasteiger partial charge is 0.391 e. The van der Waals surface area contributed by atoms with Gasteiger partial charge >= 0.3 is 0 Å². The fraction of sp³-hybridized carbons (Fsp3) is 0.312. The first-order chi connectivity index (χ1) is 10.3. The Bertz CT molecular complexity index is 603. The Labute approximate surface area is 123 Å². The lowest BCUT2D eigenvalue weighted by Gasteiger charge is -2.26. The monoisotopic (exact) mass is 283 g/mol. The molecule has 1 saturated heterocycles. The van der Waals surface area contributed by atoms with Crippen LogP contribution in [0.2, 0.25) is 0 Å². The first-order valence-electron chi connectivity index (χ1n) is 7.03. The summed E-state index contributed by atoms with van der Waals surface area (Å²) >= 11 is 0.